The van der Waals surface area contributed by atoms with Crippen molar-refractivity contribution in [2.24, 2.45) is 0 Å². The zero-order valence-electron chi connectivity index (χ0n) is 14.5. The number of benzene rings is 2. The fourth-order valence-electron chi connectivity index (χ4n) is 2.30. The number of carbonyl (C=O) groups is 1. The first-order chi connectivity index (χ1) is 12.3. The summed E-state index contributed by atoms with van der Waals surface area (Å²) in [5.41, 5.74) is 2.03. The number of nitrogens with one attached hydrogen (secondary N) is 1. The number of hydrogen-bond acceptors (Lipinski definition) is 5. The number of hydrogen-bond donors (Lipinski definition) is 1. The molecule has 0 spiro atoms. The SMILES string of the molecule is CN[C@H](CCCOOCc1ccccc1)C(=O)OCc1ccccc1. The smallest absolute Gasteiger partial charge is 0.323 e. The Kier molecular flexibility index (Phi) is 8.69. The number of esters is 1. The van der Waals surface area contributed by atoms with Gasteiger partial charge in [-0.2, -0.15) is 0 Å². The van der Waals surface area contributed by atoms with Gasteiger partial charge < -0.3 is 10.1 Å². The minimum absolute atomic E-state index is 0.253. The number of likely N-dealkylation sites (N-methyl/N-ethyl adjacent to an activating group) is 1. The Morgan fingerprint density at radius 3 is 2.12 bits per heavy atom. The molecule has 2 aromatic rings. The van der Waals surface area contributed by atoms with Gasteiger partial charge in [0.25, 0.3) is 0 Å². The summed E-state index contributed by atoms with van der Waals surface area (Å²) in [6, 6.07) is 19.1. The number of carbonyl (C=O) groups excluding carboxylic acids is 1. The molecule has 0 saturated carbocycles. The van der Waals surface area contributed by atoms with Crippen LogP contribution in [0.2, 0.25) is 0 Å². The number of rotatable bonds is 11. The highest BCUT2D eigenvalue weighted by atomic mass is 17.2. The summed E-state index contributed by atoms with van der Waals surface area (Å²) >= 11 is 0. The Labute approximate surface area is 148 Å². The van der Waals surface area contributed by atoms with Crippen molar-refractivity contribution < 1.29 is 19.3 Å². The van der Waals surface area contributed by atoms with E-state index in [1.807, 2.05) is 60.7 Å². The molecular weight excluding hydrogens is 318 g/mol. The van der Waals surface area contributed by atoms with Gasteiger partial charge in [0.15, 0.2) is 0 Å². The van der Waals surface area contributed by atoms with Crippen LogP contribution in [-0.2, 0) is 32.5 Å². The van der Waals surface area contributed by atoms with E-state index in [2.05, 4.69) is 5.32 Å². The molecule has 0 radical (unpaired) electrons. The van der Waals surface area contributed by atoms with E-state index in [4.69, 9.17) is 14.5 Å². The summed E-state index contributed by atoms with van der Waals surface area (Å²) in [5, 5.41) is 2.98. The largest absolute Gasteiger partial charge is 0.460 e. The van der Waals surface area contributed by atoms with Gasteiger partial charge in [0.1, 0.15) is 19.3 Å². The number of ether oxygens (including phenoxy) is 1. The van der Waals surface area contributed by atoms with Gasteiger partial charge >= 0.3 is 5.97 Å². The Bertz CT molecular complexity index is 604. The lowest BCUT2D eigenvalue weighted by Gasteiger charge is -2.15. The summed E-state index contributed by atoms with van der Waals surface area (Å²) in [4.78, 5) is 22.4. The zero-order chi connectivity index (χ0) is 17.7. The second-order valence-corrected chi connectivity index (χ2v) is 5.65. The van der Waals surface area contributed by atoms with Crippen LogP contribution in [0, 0.1) is 0 Å². The van der Waals surface area contributed by atoms with E-state index < -0.39 is 0 Å². The van der Waals surface area contributed by atoms with Crippen molar-refractivity contribution in [2.45, 2.75) is 32.1 Å². The van der Waals surface area contributed by atoms with Gasteiger partial charge in [-0.3, -0.25) is 4.79 Å². The van der Waals surface area contributed by atoms with E-state index in [1.54, 1.807) is 7.05 Å². The second kappa shape index (κ2) is 11.4. The first-order valence-electron chi connectivity index (χ1n) is 8.46. The van der Waals surface area contributed by atoms with Gasteiger partial charge in [-0.25, -0.2) is 9.78 Å². The maximum absolute atomic E-state index is 12.1. The maximum Gasteiger partial charge on any atom is 0.323 e. The first-order valence-corrected chi connectivity index (χ1v) is 8.46. The summed E-state index contributed by atoms with van der Waals surface area (Å²) in [6.45, 7) is 1.13. The van der Waals surface area contributed by atoms with Crippen molar-refractivity contribution in [3.63, 3.8) is 0 Å². The molecule has 0 bridgehead atoms. The van der Waals surface area contributed by atoms with E-state index in [0.29, 0.717) is 26.1 Å². The van der Waals surface area contributed by atoms with Gasteiger partial charge in [-0.15, -0.1) is 0 Å². The monoisotopic (exact) mass is 343 g/mol. The molecule has 2 aromatic carbocycles. The lowest BCUT2D eigenvalue weighted by molar-refractivity contribution is -0.304. The highest BCUT2D eigenvalue weighted by molar-refractivity contribution is 5.75. The fourth-order valence-corrected chi connectivity index (χ4v) is 2.30. The van der Waals surface area contributed by atoms with Crippen LogP contribution >= 0.6 is 0 Å². The molecule has 2 rings (SSSR count). The molecule has 0 heterocycles. The Morgan fingerprint density at radius 1 is 0.920 bits per heavy atom. The van der Waals surface area contributed by atoms with Crippen LogP contribution < -0.4 is 5.32 Å². The summed E-state index contributed by atoms with van der Waals surface area (Å²) in [6.07, 6.45) is 1.32. The third kappa shape index (κ3) is 7.47. The molecule has 5 nitrogen and oxygen atoms in total. The highest BCUT2D eigenvalue weighted by Crippen LogP contribution is 2.06. The maximum atomic E-state index is 12.1. The van der Waals surface area contributed by atoms with Gasteiger partial charge in [-0.05, 0) is 31.0 Å². The minimum Gasteiger partial charge on any atom is -0.460 e. The standard InChI is InChI=1S/C20H25NO4/c1-21-19(20(22)23-15-17-9-4-2-5-10-17)13-8-14-24-25-16-18-11-6-3-7-12-18/h2-7,9-12,19,21H,8,13-16H2,1H3/t19-/m1/s1. The van der Waals surface area contributed by atoms with Gasteiger partial charge in [-0.1, -0.05) is 60.7 Å². The van der Waals surface area contributed by atoms with Crippen LogP contribution in [0.25, 0.3) is 0 Å². The molecule has 0 amide bonds. The molecular formula is C20H25NO4. The summed E-state index contributed by atoms with van der Waals surface area (Å²) in [7, 11) is 1.75. The van der Waals surface area contributed by atoms with E-state index in [0.717, 1.165) is 11.1 Å². The molecule has 134 valence electrons. The first kappa shape index (κ1) is 19.1. The Hall–Kier alpha value is -2.21. The molecule has 0 aromatic heterocycles. The Morgan fingerprint density at radius 2 is 1.52 bits per heavy atom. The summed E-state index contributed by atoms with van der Waals surface area (Å²) < 4.78 is 5.34. The van der Waals surface area contributed by atoms with E-state index in [9.17, 15) is 4.79 Å². The molecule has 1 atom stereocenters. The zero-order valence-corrected chi connectivity index (χ0v) is 14.5. The quantitative estimate of drug-likeness (QED) is 0.294. The van der Waals surface area contributed by atoms with Gasteiger partial charge in [0.2, 0.25) is 0 Å². The molecule has 0 saturated heterocycles. The molecule has 0 aliphatic rings. The normalized spacial score (nSPS) is 11.9. The van der Waals surface area contributed by atoms with Crippen molar-refractivity contribution in [3.05, 3.63) is 71.8 Å². The lowest BCUT2D eigenvalue weighted by Crippen LogP contribution is -2.35. The summed E-state index contributed by atoms with van der Waals surface area (Å²) in [5.74, 6) is -0.253. The molecule has 0 aliphatic heterocycles. The van der Waals surface area contributed by atoms with Gasteiger partial charge in [0.05, 0.1) is 6.61 Å². The third-order valence-corrected chi connectivity index (χ3v) is 3.73. The van der Waals surface area contributed by atoms with E-state index >= 15 is 0 Å². The minimum atomic E-state index is -0.346. The predicted molar refractivity (Wildman–Crippen MR) is 95.5 cm³/mol. The average molecular weight is 343 g/mol. The van der Waals surface area contributed by atoms with Crippen LogP contribution in [0.15, 0.2) is 60.7 Å². The van der Waals surface area contributed by atoms with Crippen LogP contribution in [0.3, 0.4) is 0 Å². The van der Waals surface area contributed by atoms with Crippen LogP contribution in [-0.4, -0.2) is 25.7 Å². The molecule has 25 heavy (non-hydrogen) atoms. The van der Waals surface area contributed by atoms with E-state index in [-0.39, 0.29) is 18.6 Å². The average Bonchev–Trinajstić information content (AvgIpc) is 2.67. The van der Waals surface area contributed by atoms with Crippen LogP contribution in [0.1, 0.15) is 24.0 Å². The molecule has 0 fully saturated rings. The van der Waals surface area contributed by atoms with Crippen molar-refractivity contribution in [1.29, 1.82) is 0 Å². The molecule has 0 aliphatic carbocycles. The van der Waals surface area contributed by atoms with Crippen LogP contribution in [0.5, 0.6) is 0 Å². The van der Waals surface area contributed by atoms with Crippen molar-refractivity contribution in [2.75, 3.05) is 13.7 Å². The van der Waals surface area contributed by atoms with Crippen LogP contribution in [0.4, 0.5) is 0 Å². The van der Waals surface area contributed by atoms with Crippen molar-refractivity contribution in [1.82, 2.24) is 5.32 Å². The lowest BCUT2D eigenvalue weighted by atomic mass is 10.1. The highest BCUT2D eigenvalue weighted by Gasteiger charge is 2.17. The van der Waals surface area contributed by atoms with Gasteiger partial charge in [0, 0.05) is 0 Å². The van der Waals surface area contributed by atoms with E-state index in [1.165, 1.54) is 0 Å². The predicted octanol–water partition coefficient (Wildman–Crippen LogP) is 3.25. The molecule has 5 heteroatoms. The molecule has 1 N–H and O–H groups in total. The van der Waals surface area contributed by atoms with Crippen molar-refractivity contribution in [3.8, 4) is 0 Å². The molecule has 0 unspecified atom stereocenters. The Balaban J connectivity index is 1.58. The van der Waals surface area contributed by atoms with Crippen molar-refractivity contribution >= 4 is 5.97 Å². The topological polar surface area (TPSA) is 56.8 Å². The third-order valence-electron chi connectivity index (χ3n) is 3.73. The second-order valence-electron chi connectivity index (χ2n) is 5.65. The fraction of sp³-hybridized carbons (Fsp3) is 0.350.